The standard InChI is InChI=1S/C15H18N4O2S/c1-9(20)12-6-5-7-13(8-12)16-14(21)10(2)22-15-18-17-11(3)19(15)4/h5-8,10H,1-4H3,(H,16,21)/t10-/m1/s1. The van der Waals surface area contributed by atoms with E-state index in [0.717, 1.165) is 5.82 Å². The van der Waals surface area contributed by atoms with Crippen LogP contribution in [0.25, 0.3) is 0 Å². The third kappa shape index (κ3) is 3.73. The normalized spacial score (nSPS) is 12.0. The molecule has 1 aromatic heterocycles. The third-order valence-electron chi connectivity index (χ3n) is 3.24. The summed E-state index contributed by atoms with van der Waals surface area (Å²) >= 11 is 1.34. The molecule has 0 spiro atoms. The van der Waals surface area contributed by atoms with E-state index in [4.69, 9.17) is 0 Å². The number of aromatic nitrogens is 3. The second-order valence-electron chi connectivity index (χ2n) is 4.98. The molecule has 2 rings (SSSR count). The lowest BCUT2D eigenvalue weighted by Crippen LogP contribution is -2.23. The van der Waals surface area contributed by atoms with Gasteiger partial charge in [0.25, 0.3) is 0 Å². The summed E-state index contributed by atoms with van der Waals surface area (Å²) in [6, 6.07) is 6.90. The minimum absolute atomic E-state index is 0.0342. The Labute approximate surface area is 133 Å². The van der Waals surface area contributed by atoms with E-state index >= 15 is 0 Å². The summed E-state index contributed by atoms with van der Waals surface area (Å²) < 4.78 is 1.84. The highest BCUT2D eigenvalue weighted by Gasteiger charge is 2.18. The number of thioether (sulfide) groups is 1. The first-order chi connectivity index (χ1) is 10.4. The number of hydrogen-bond donors (Lipinski definition) is 1. The van der Waals surface area contributed by atoms with Gasteiger partial charge in [-0.15, -0.1) is 10.2 Å². The van der Waals surface area contributed by atoms with E-state index in [0.29, 0.717) is 16.4 Å². The number of hydrogen-bond acceptors (Lipinski definition) is 5. The lowest BCUT2D eigenvalue weighted by molar-refractivity contribution is -0.115. The van der Waals surface area contributed by atoms with Crippen molar-refractivity contribution in [3.63, 3.8) is 0 Å². The van der Waals surface area contributed by atoms with Crippen LogP contribution in [0.1, 0.15) is 30.0 Å². The molecule has 0 bridgehead atoms. The number of benzene rings is 1. The molecule has 0 saturated heterocycles. The summed E-state index contributed by atoms with van der Waals surface area (Å²) in [7, 11) is 1.86. The molecule has 0 fully saturated rings. The van der Waals surface area contributed by atoms with Gasteiger partial charge in [-0.25, -0.2) is 0 Å². The molecule has 2 aromatic rings. The van der Waals surface area contributed by atoms with Gasteiger partial charge in [0.2, 0.25) is 5.91 Å². The van der Waals surface area contributed by atoms with Crippen LogP contribution in [0.3, 0.4) is 0 Å². The van der Waals surface area contributed by atoms with Crippen molar-refractivity contribution in [2.75, 3.05) is 5.32 Å². The highest BCUT2D eigenvalue weighted by atomic mass is 32.2. The molecular formula is C15H18N4O2S. The number of Topliss-reactive ketones (excluding diaryl/α,β-unsaturated/α-hetero) is 1. The number of carbonyl (C=O) groups excluding carboxylic acids is 2. The molecule has 1 N–H and O–H groups in total. The fraction of sp³-hybridized carbons (Fsp3) is 0.333. The molecule has 7 heteroatoms. The highest BCUT2D eigenvalue weighted by molar-refractivity contribution is 8.00. The topological polar surface area (TPSA) is 76.9 Å². The zero-order chi connectivity index (χ0) is 16.3. The van der Waals surface area contributed by atoms with E-state index in [-0.39, 0.29) is 16.9 Å². The Kier molecular flexibility index (Phi) is 4.97. The summed E-state index contributed by atoms with van der Waals surface area (Å²) in [6.07, 6.45) is 0. The van der Waals surface area contributed by atoms with Crippen molar-refractivity contribution >= 4 is 29.1 Å². The van der Waals surface area contributed by atoms with E-state index in [1.54, 1.807) is 31.2 Å². The Morgan fingerprint density at radius 3 is 2.64 bits per heavy atom. The average molecular weight is 318 g/mol. The minimum Gasteiger partial charge on any atom is -0.325 e. The molecule has 1 atom stereocenters. The van der Waals surface area contributed by atoms with E-state index in [9.17, 15) is 9.59 Å². The number of nitrogens with zero attached hydrogens (tertiary/aromatic N) is 3. The van der Waals surface area contributed by atoms with Crippen molar-refractivity contribution in [3.8, 4) is 0 Å². The lowest BCUT2D eigenvalue weighted by Gasteiger charge is -2.12. The SMILES string of the molecule is CC(=O)c1cccc(NC(=O)[C@@H](C)Sc2nnc(C)n2C)c1. The van der Waals surface area contributed by atoms with Crippen molar-refractivity contribution in [1.29, 1.82) is 0 Å². The van der Waals surface area contributed by atoms with E-state index in [2.05, 4.69) is 15.5 Å². The van der Waals surface area contributed by atoms with Crippen molar-refractivity contribution < 1.29 is 9.59 Å². The summed E-state index contributed by atoms with van der Waals surface area (Å²) in [5.74, 6) is 0.615. The third-order valence-corrected chi connectivity index (χ3v) is 4.37. The number of rotatable bonds is 5. The zero-order valence-corrected chi connectivity index (χ0v) is 13.8. The maximum atomic E-state index is 12.2. The van der Waals surface area contributed by atoms with Gasteiger partial charge in [0, 0.05) is 18.3 Å². The average Bonchev–Trinajstić information content (AvgIpc) is 2.79. The van der Waals surface area contributed by atoms with Gasteiger partial charge in [0.1, 0.15) is 5.82 Å². The number of ketones is 1. The molecule has 0 saturated carbocycles. The summed E-state index contributed by atoms with van der Waals surface area (Å²) in [6.45, 7) is 5.16. The highest BCUT2D eigenvalue weighted by Crippen LogP contribution is 2.22. The Balaban J connectivity index is 2.04. The first-order valence-corrected chi connectivity index (χ1v) is 7.71. The molecule has 0 radical (unpaired) electrons. The number of anilines is 1. The Hall–Kier alpha value is -2.15. The maximum Gasteiger partial charge on any atom is 0.237 e. The van der Waals surface area contributed by atoms with Gasteiger partial charge in [0.05, 0.1) is 5.25 Å². The van der Waals surface area contributed by atoms with Crippen LogP contribution in [0, 0.1) is 6.92 Å². The van der Waals surface area contributed by atoms with Crippen LogP contribution in [0.15, 0.2) is 29.4 Å². The number of aryl methyl sites for hydroxylation is 1. The maximum absolute atomic E-state index is 12.2. The molecule has 6 nitrogen and oxygen atoms in total. The van der Waals surface area contributed by atoms with Gasteiger partial charge < -0.3 is 9.88 Å². The van der Waals surface area contributed by atoms with Gasteiger partial charge in [-0.1, -0.05) is 23.9 Å². The van der Waals surface area contributed by atoms with Crippen LogP contribution in [-0.4, -0.2) is 31.7 Å². The fourth-order valence-electron chi connectivity index (χ4n) is 1.76. The number of amides is 1. The smallest absolute Gasteiger partial charge is 0.237 e. The van der Waals surface area contributed by atoms with Crippen LogP contribution >= 0.6 is 11.8 Å². The fourth-order valence-corrected chi connectivity index (χ4v) is 2.62. The van der Waals surface area contributed by atoms with Crippen LogP contribution < -0.4 is 5.32 Å². The van der Waals surface area contributed by atoms with Crippen molar-refractivity contribution in [3.05, 3.63) is 35.7 Å². The first kappa shape index (κ1) is 16.2. The first-order valence-electron chi connectivity index (χ1n) is 6.83. The molecule has 1 amide bonds. The molecule has 0 aliphatic carbocycles. The molecule has 116 valence electrons. The lowest BCUT2D eigenvalue weighted by atomic mass is 10.1. The van der Waals surface area contributed by atoms with Crippen LogP contribution in [0.4, 0.5) is 5.69 Å². The number of nitrogens with one attached hydrogen (secondary N) is 1. The quantitative estimate of drug-likeness (QED) is 0.677. The Morgan fingerprint density at radius 2 is 2.05 bits per heavy atom. The zero-order valence-electron chi connectivity index (χ0n) is 13.0. The number of carbonyl (C=O) groups is 2. The molecule has 0 unspecified atom stereocenters. The summed E-state index contributed by atoms with van der Waals surface area (Å²) in [5, 5.41) is 11.2. The summed E-state index contributed by atoms with van der Waals surface area (Å²) in [4.78, 5) is 23.6. The van der Waals surface area contributed by atoms with Crippen LogP contribution in [0.5, 0.6) is 0 Å². The molecule has 22 heavy (non-hydrogen) atoms. The van der Waals surface area contributed by atoms with Crippen LogP contribution in [0.2, 0.25) is 0 Å². The van der Waals surface area contributed by atoms with Crippen molar-refractivity contribution in [1.82, 2.24) is 14.8 Å². The second-order valence-corrected chi connectivity index (χ2v) is 6.28. The molecular weight excluding hydrogens is 300 g/mol. The monoisotopic (exact) mass is 318 g/mol. The van der Waals surface area contributed by atoms with Crippen molar-refractivity contribution in [2.24, 2.45) is 7.05 Å². The Morgan fingerprint density at radius 1 is 1.32 bits per heavy atom. The second kappa shape index (κ2) is 6.74. The van der Waals surface area contributed by atoms with Crippen LogP contribution in [-0.2, 0) is 11.8 Å². The predicted octanol–water partition coefficient (Wildman–Crippen LogP) is 2.45. The molecule has 0 aliphatic heterocycles. The van der Waals surface area contributed by atoms with E-state index in [1.165, 1.54) is 18.7 Å². The minimum atomic E-state index is -0.330. The predicted molar refractivity (Wildman–Crippen MR) is 86.1 cm³/mol. The molecule has 1 aromatic carbocycles. The molecule has 0 aliphatic rings. The van der Waals surface area contributed by atoms with Gasteiger partial charge in [-0.2, -0.15) is 0 Å². The van der Waals surface area contributed by atoms with Gasteiger partial charge in [0.15, 0.2) is 10.9 Å². The van der Waals surface area contributed by atoms with E-state index < -0.39 is 0 Å². The summed E-state index contributed by atoms with van der Waals surface area (Å²) in [5.41, 5.74) is 1.18. The van der Waals surface area contributed by atoms with Crippen molar-refractivity contribution in [2.45, 2.75) is 31.2 Å². The van der Waals surface area contributed by atoms with Gasteiger partial charge in [-0.3, -0.25) is 9.59 Å². The molecule has 1 heterocycles. The van der Waals surface area contributed by atoms with E-state index in [1.807, 2.05) is 18.5 Å². The van der Waals surface area contributed by atoms with Gasteiger partial charge in [-0.05, 0) is 32.9 Å². The Bertz CT molecular complexity index is 711. The van der Waals surface area contributed by atoms with Gasteiger partial charge >= 0.3 is 0 Å². The largest absolute Gasteiger partial charge is 0.325 e.